The van der Waals surface area contributed by atoms with Gasteiger partial charge in [-0.2, -0.15) is 0 Å². The number of carbonyl (C=O) groups is 1. The average molecular weight is 211 g/mol. The Morgan fingerprint density at radius 2 is 2.14 bits per heavy atom. The Balaban J connectivity index is 3.22. The lowest BCUT2D eigenvalue weighted by Gasteiger charge is -2.09. The number of benzene rings is 1. The van der Waals surface area contributed by atoms with Crippen LogP contribution < -0.4 is 5.32 Å². The number of hydrogen-bond acceptors (Lipinski definition) is 4. The Kier molecular flexibility index (Phi) is 3.41. The van der Waals surface area contributed by atoms with Crippen LogP contribution in [0.3, 0.4) is 0 Å². The van der Waals surface area contributed by atoms with Gasteiger partial charge in [-0.3, -0.25) is 0 Å². The Hall–Kier alpha value is -1.16. The van der Waals surface area contributed by atoms with Crippen molar-refractivity contribution in [3.05, 3.63) is 23.3 Å². The molecular weight excluding hydrogens is 198 g/mol. The zero-order chi connectivity index (χ0) is 10.7. The van der Waals surface area contributed by atoms with E-state index in [1.54, 1.807) is 19.2 Å². The average Bonchev–Trinajstić information content (AvgIpc) is 2.20. The molecule has 0 saturated heterocycles. The number of esters is 1. The second kappa shape index (κ2) is 4.37. The minimum Gasteiger partial charge on any atom is -0.465 e. The fraction of sp³-hybridized carbons (Fsp3) is 0.300. The van der Waals surface area contributed by atoms with Crippen molar-refractivity contribution in [1.82, 2.24) is 0 Å². The highest BCUT2D eigenvalue weighted by molar-refractivity contribution is 7.80. The summed E-state index contributed by atoms with van der Waals surface area (Å²) in [5, 5.41) is 3.00. The highest BCUT2D eigenvalue weighted by atomic mass is 32.1. The van der Waals surface area contributed by atoms with E-state index in [9.17, 15) is 4.79 Å². The molecule has 1 aromatic rings. The van der Waals surface area contributed by atoms with Crippen LogP contribution in [0.15, 0.2) is 17.0 Å². The first-order valence-electron chi connectivity index (χ1n) is 4.19. The normalized spacial score (nSPS) is 9.71. The van der Waals surface area contributed by atoms with Gasteiger partial charge in [-0.15, -0.1) is 12.6 Å². The summed E-state index contributed by atoms with van der Waals surface area (Å²) in [6.07, 6.45) is 0. The van der Waals surface area contributed by atoms with Crippen LogP contribution in [0.2, 0.25) is 0 Å². The van der Waals surface area contributed by atoms with E-state index in [-0.39, 0.29) is 5.97 Å². The molecule has 0 atom stereocenters. The predicted molar refractivity (Wildman–Crippen MR) is 59.3 cm³/mol. The molecule has 4 heteroatoms. The molecule has 0 aliphatic heterocycles. The van der Waals surface area contributed by atoms with Gasteiger partial charge in [0, 0.05) is 17.6 Å². The largest absolute Gasteiger partial charge is 0.465 e. The zero-order valence-corrected chi connectivity index (χ0v) is 9.31. The van der Waals surface area contributed by atoms with Crippen molar-refractivity contribution < 1.29 is 9.53 Å². The molecule has 1 N–H and O–H groups in total. The summed E-state index contributed by atoms with van der Waals surface area (Å²) < 4.78 is 4.63. The van der Waals surface area contributed by atoms with E-state index in [1.165, 1.54) is 7.11 Å². The molecule has 0 amide bonds. The quantitative estimate of drug-likeness (QED) is 0.581. The van der Waals surface area contributed by atoms with Crippen LogP contribution in [-0.4, -0.2) is 20.1 Å². The van der Waals surface area contributed by atoms with E-state index in [1.807, 2.05) is 6.92 Å². The van der Waals surface area contributed by atoms with E-state index >= 15 is 0 Å². The minimum absolute atomic E-state index is 0.350. The molecule has 0 radical (unpaired) electrons. The smallest absolute Gasteiger partial charge is 0.337 e. The van der Waals surface area contributed by atoms with Gasteiger partial charge in [0.2, 0.25) is 0 Å². The number of carbonyl (C=O) groups excluding carboxylic acids is 1. The van der Waals surface area contributed by atoms with Crippen molar-refractivity contribution in [2.75, 3.05) is 19.5 Å². The van der Waals surface area contributed by atoms with E-state index in [2.05, 4.69) is 22.7 Å². The lowest BCUT2D eigenvalue weighted by molar-refractivity contribution is 0.0600. The fourth-order valence-corrected chi connectivity index (χ4v) is 1.45. The SMILES string of the molecule is CNc1cc(C(=O)OC)cc(S)c1C. The molecule has 0 aromatic heterocycles. The van der Waals surface area contributed by atoms with Gasteiger partial charge in [0.15, 0.2) is 0 Å². The maximum absolute atomic E-state index is 11.3. The molecule has 0 bridgehead atoms. The van der Waals surface area contributed by atoms with Crippen molar-refractivity contribution >= 4 is 24.3 Å². The molecule has 0 saturated carbocycles. The Labute approximate surface area is 88.9 Å². The monoisotopic (exact) mass is 211 g/mol. The second-order valence-corrected chi connectivity index (χ2v) is 3.39. The Morgan fingerprint density at radius 3 is 2.64 bits per heavy atom. The van der Waals surface area contributed by atoms with Crippen LogP contribution in [0, 0.1) is 6.92 Å². The molecule has 1 aromatic carbocycles. The fourth-order valence-electron chi connectivity index (χ4n) is 1.19. The highest BCUT2D eigenvalue weighted by Crippen LogP contribution is 2.24. The standard InChI is InChI=1S/C10H13NO2S/c1-6-8(11-2)4-7(5-9(6)14)10(12)13-3/h4-5,11,14H,1-3H3. The first-order valence-corrected chi connectivity index (χ1v) is 4.64. The van der Waals surface area contributed by atoms with Gasteiger partial charge in [0.1, 0.15) is 0 Å². The molecule has 1 rings (SSSR count). The third-order valence-corrected chi connectivity index (χ3v) is 2.54. The van der Waals surface area contributed by atoms with Crippen molar-refractivity contribution in [3.63, 3.8) is 0 Å². The summed E-state index contributed by atoms with van der Waals surface area (Å²) in [6.45, 7) is 1.94. The van der Waals surface area contributed by atoms with Crippen molar-refractivity contribution in [3.8, 4) is 0 Å². The van der Waals surface area contributed by atoms with E-state index in [0.29, 0.717) is 5.56 Å². The number of nitrogens with one attached hydrogen (secondary N) is 1. The molecule has 0 unspecified atom stereocenters. The van der Waals surface area contributed by atoms with Gasteiger partial charge in [-0.05, 0) is 24.6 Å². The lowest BCUT2D eigenvalue weighted by atomic mass is 10.1. The molecule has 0 fully saturated rings. The van der Waals surface area contributed by atoms with E-state index in [0.717, 1.165) is 16.1 Å². The summed E-state index contributed by atoms with van der Waals surface area (Å²) >= 11 is 4.28. The molecule has 14 heavy (non-hydrogen) atoms. The van der Waals surface area contributed by atoms with Crippen LogP contribution in [0.25, 0.3) is 0 Å². The molecule has 76 valence electrons. The number of ether oxygens (including phenoxy) is 1. The first kappa shape index (κ1) is 10.9. The van der Waals surface area contributed by atoms with Crippen molar-refractivity contribution in [2.45, 2.75) is 11.8 Å². The third-order valence-electron chi connectivity index (χ3n) is 2.07. The maximum Gasteiger partial charge on any atom is 0.337 e. The first-order chi connectivity index (χ1) is 6.60. The number of rotatable bonds is 2. The third kappa shape index (κ3) is 2.01. The van der Waals surface area contributed by atoms with Crippen LogP contribution in [0.1, 0.15) is 15.9 Å². The van der Waals surface area contributed by atoms with Gasteiger partial charge in [0.25, 0.3) is 0 Å². The van der Waals surface area contributed by atoms with Crippen LogP contribution in [-0.2, 0) is 4.74 Å². The number of thiol groups is 1. The molecule has 0 heterocycles. The van der Waals surface area contributed by atoms with Crippen molar-refractivity contribution in [2.24, 2.45) is 0 Å². The topological polar surface area (TPSA) is 38.3 Å². The van der Waals surface area contributed by atoms with E-state index < -0.39 is 0 Å². The summed E-state index contributed by atoms with van der Waals surface area (Å²) in [6, 6.07) is 3.45. The van der Waals surface area contributed by atoms with Crippen LogP contribution in [0.4, 0.5) is 5.69 Å². The van der Waals surface area contributed by atoms with Crippen molar-refractivity contribution in [1.29, 1.82) is 0 Å². The van der Waals surface area contributed by atoms with Gasteiger partial charge in [-0.25, -0.2) is 4.79 Å². The zero-order valence-electron chi connectivity index (χ0n) is 8.42. The molecule has 0 aliphatic rings. The lowest BCUT2D eigenvalue weighted by Crippen LogP contribution is -2.03. The number of methoxy groups -OCH3 is 1. The molecule has 3 nitrogen and oxygen atoms in total. The van der Waals surface area contributed by atoms with Gasteiger partial charge < -0.3 is 10.1 Å². The summed E-state index contributed by atoms with van der Waals surface area (Å²) in [5.41, 5.74) is 2.41. The summed E-state index contributed by atoms with van der Waals surface area (Å²) in [4.78, 5) is 12.0. The second-order valence-electron chi connectivity index (χ2n) is 2.91. The van der Waals surface area contributed by atoms with E-state index in [4.69, 9.17) is 0 Å². The Morgan fingerprint density at radius 1 is 1.50 bits per heavy atom. The molecule has 0 spiro atoms. The van der Waals surface area contributed by atoms with Crippen LogP contribution >= 0.6 is 12.6 Å². The van der Waals surface area contributed by atoms with Crippen LogP contribution in [0.5, 0.6) is 0 Å². The summed E-state index contributed by atoms with van der Waals surface area (Å²) in [5.74, 6) is -0.350. The predicted octanol–water partition coefficient (Wildman–Crippen LogP) is 2.11. The Bertz CT molecular complexity index is 363. The minimum atomic E-state index is -0.350. The van der Waals surface area contributed by atoms with Gasteiger partial charge in [-0.1, -0.05) is 0 Å². The molecular formula is C10H13NO2S. The number of anilines is 1. The summed E-state index contributed by atoms with van der Waals surface area (Å²) in [7, 11) is 3.16. The maximum atomic E-state index is 11.3. The number of hydrogen-bond donors (Lipinski definition) is 2. The van der Waals surface area contributed by atoms with Gasteiger partial charge in [0.05, 0.1) is 12.7 Å². The molecule has 0 aliphatic carbocycles. The van der Waals surface area contributed by atoms with Gasteiger partial charge >= 0.3 is 5.97 Å². The highest BCUT2D eigenvalue weighted by Gasteiger charge is 2.09.